The van der Waals surface area contributed by atoms with Crippen LogP contribution in [0.25, 0.3) is 0 Å². The minimum Gasteiger partial charge on any atom is -0.369 e. The van der Waals surface area contributed by atoms with Crippen LogP contribution in [0, 0.1) is 5.92 Å². The maximum atomic E-state index is 12.5. The first kappa shape index (κ1) is 16.0. The van der Waals surface area contributed by atoms with Crippen LogP contribution in [-0.4, -0.2) is 53.8 Å². The summed E-state index contributed by atoms with van der Waals surface area (Å²) in [5, 5.41) is 0. The van der Waals surface area contributed by atoms with Crippen molar-refractivity contribution >= 4 is 11.8 Å². The minimum absolute atomic E-state index is 0.0119. The first-order valence-electron chi connectivity index (χ1n) is 8.09. The van der Waals surface area contributed by atoms with Gasteiger partial charge in [-0.05, 0) is 32.4 Å². The van der Waals surface area contributed by atoms with Gasteiger partial charge in [-0.2, -0.15) is 0 Å². The van der Waals surface area contributed by atoms with E-state index in [2.05, 4.69) is 24.0 Å². The van der Waals surface area contributed by atoms with Crippen molar-refractivity contribution in [2.75, 3.05) is 26.2 Å². The molecule has 5 heteroatoms. The molecule has 0 spiro atoms. The number of carbonyl (C=O) groups excluding carboxylic acids is 2. The lowest BCUT2D eigenvalue weighted by molar-refractivity contribution is -0.133. The molecule has 0 bridgehead atoms. The predicted molar refractivity (Wildman–Crippen MR) is 82.5 cm³/mol. The zero-order valence-electron chi connectivity index (χ0n) is 13.0. The number of rotatable bonds is 6. The van der Waals surface area contributed by atoms with E-state index in [0.717, 1.165) is 51.7 Å². The monoisotopic (exact) mass is 293 g/mol. The van der Waals surface area contributed by atoms with Crippen molar-refractivity contribution in [1.29, 1.82) is 0 Å². The summed E-state index contributed by atoms with van der Waals surface area (Å²) >= 11 is 0. The zero-order chi connectivity index (χ0) is 15.2. The second-order valence-corrected chi connectivity index (χ2v) is 6.14. The summed E-state index contributed by atoms with van der Waals surface area (Å²) < 4.78 is 0. The summed E-state index contributed by atoms with van der Waals surface area (Å²) in [6.45, 7) is 4.97. The molecular weight excluding hydrogens is 266 g/mol. The van der Waals surface area contributed by atoms with E-state index >= 15 is 0 Å². The second kappa shape index (κ2) is 7.59. The van der Waals surface area contributed by atoms with Gasteiger partial charge in [0, 0.05) is 12.5 Å². The van der Waals surface area contributed by atoms with E-state index in [9.17, 15) is 9.59 Å². The Morgan fingerprint density at radius 1 is 1.29 bits per heavy atom. The van der Waals surface area contributed by atoms with Gasteiger partial charge in [0.1, 0.15) is 0 Å². The number of unbranched alkanes of at least 4 members (excludes halogenated alkanes) is 1. The number of piperidine rings is 1. The summed E-state index contributed by atoms with van der Waals surface area (Å²) in [4.78, 5) is 27.7. The van der Waals surface area contributed by atoms with E-state index in [1.807, 2.05) is 4.90 Å². The van der Waals surface area contributed by atoms with Crippen LogP contribution in [0.4, 0.5) is 0 Å². The molecular formula is C16H27N3O2. The standard InChI is InChI=1S/C16H27N3O2/c1-2-3-5-14-6-4-9-19(14)15(20)12-18-10-7-13(8-11-18)16(17)21/h4,6,13-14H,2-3,5,7-12H2,1H3,(H2,17,21)/t14-/m1/s1. The lowest BCUT2D eigenvalue weighted by Gasteiger charge is -2.32. The molecule has 1 saturated heterocycles. The number of amides is 2. The highest BCUT2D eigenvalue weighted by Gasteiger charge is 2.28. The molecule has 2 aliphatic rings. The van der Waals surface area contributed by atoms with Crippen molar-refractivity contribution < 1.29 is 9.59 Å². The Bertz CT molecular complexity index is 400. The Hall–Kier alpha value is -1.36. The SMILES string of the molecule is CCCC[C@@H]1C=CCN1C(=O)CN1CCC(C(N)=O)CC1. The molecule has 0 radical (unpaired) electrons. The third kappa shape index (κ3) is 4.30. The van der Waals surface area contributed by atoms with E-state index in [0.29, 0.717) is 6.54 Å². The average Bonchev–Trinajstić information content (AvgIpc) is 2.94. The fraction of sp³-hybridized carbons (Fsp3) is 0.750. The molecule has 0 unspecified atom stereocenters. The summed E-state index contributed by atoms with van der Waals surface area (Å²) in [5.41, 5.74) is 5.34. The number of nitrogens with two attached hydrogens (primary N) is 1. The van der Waals surface area contributed by atoms with Gasteiger partial charge in [-0.25, -0.2) is 0 Å². The molecule has 118 valence electrons. The highest BCUT2D eigenvalue weighted by atomic mass is 16.2. The molecule has 5 nitrogen and oxygen atoms in total. The molecule has 0 aliphatic carbocycles. The van der Waals surface area contributed by atoms with Crippen molar-refractivity contribution in [3.8, 4) is 0 Å². The highest BCUT2D eigenvalue weighted by Crippen LogP contribution is 2.19. The molecule has 2 amide bonds. The Labute approximate surface area is 127 Å². The van der Waals surface area contributed by atoms with Gasteiger partial charge in [0.25, 0.3) is 0 Å². The van der Waals surface area contributed by atoms with Crippen LogP contribution in [0.15, 0.2) is 12.2 Å². The number of nitrogens with zero attached hydrogens (tertiary/aromatic N) is 2. The van der Waals surface area contributed by atoms with Crippen LogP contribution in [-0.2, 0) is 9.59 Å². The van der Waals surface area contributed by atoms with Gasteiger partial charge in [-0.1, -0.05) is 31.9 Å². The maximum Gasteiger partial charge on any atom is 0.237 e. The van der Waals surface area contributed by atoms with E-state index in [1.165, 1.54) is 0 Å². The van der Waals surface area contributed by atoms with Crippen molar-refractivity contribution in [2.24, 2.45) is 11.7 Å². The normalized spacial score (nSPS) is 23.7. The molecule has 1 atom stereocenters. The molecule has 0 aromatic rings. The molecule has 0 saturated carbocycles. The van der Waals surface area contributed by atoms with Gasteiger partial charge in [0.2, 0.25) is 11.8 Å². The first-order valence-corrected chi connectivity index (χ1v) is 8.09. The topological polar surface area (TPSA) is 66.6 Å². The number of hydrogen-bond acceptors (Lipinski definition) is 3. The van der Waals surface area contributed by atoms with Crippen molar-refractivity contribution in [2.45, 2.75) is 45.1 Å². The van der Waals surface area contributed by atoms with Crippen LogP contribution >= 0.6 is 0 Å². The van der Waals surface area contributed by atoms with Crippen LogP contribution in [0.5, 0.6) is 0 Å². The number of likely N-dealkylation sites (tertiary alicyclic amines) is 1. The number of carbonyl (C=O) groups is 2. The largest absolute Gasteiger partial charge is 0.369 e. The second-order valence-electron chi connectivity index (χ2n) is 6.14. The Kier molecular flexibility index (Phi) is 5.79. The summed E-state index contributed by atoms with van der Waals surface area (Å²) in [6.07, 6.45) is 9.18. The third-order valence-corrected chi connectivity index (χ3v) is 4.58. The van der Waals surface area contributed by atoms with Gasteiger partial charge in [0.15, 0.2) is 0 Å². The number of hydrogen-bond donors (Lipinski definition) is 1. The molecule has 0 aromatic heterocycles. The van der Waals surface area contributed by atoms with Gasteiger partial charge >= 0.3 is 0 Å². The molecule has 0 aromatic carbocycles. The predicted octanol–water partition coefficient (Wildman–Crippen LogP) is 1.14. The van der Waals surface area contributed by atoms with Crippen LogP contribution in [0.1, 0.15) is 39.0 Å². The fourth-order valence-corrected chi connectivity index (χ4v) is 3.18. The summed E-state index contributed by atoms with van der Waals surface area (Å²) in [7, 11) is 0. The molecule has 2 rings (SSSR count). The van der Waals surface area contributed by atoms with Crippen LogP contribution in [0.3, 0.4) is 0 Å². The van der Waals surface area contributed by atoms with Gasteiger partial charge < -0.3 is 10.6 Å². The van der Waals surface area contributed by atoms with E-state index in [4.69, 9.17) is 5.73 Å². The Morgan fingerprint density at radius 2 is 2.00 bits per heavy atom. The van der Waals surface area contributed by atoms with Gasteiger partial charge in [0.05, 0.1) is 12.6 Å². The van der Waals surface area contributed by atoms with Gasteiger partial charge in [-0.3, -0.25) is 14.5 Å². The Morgan fingerprint density at radius 3 is 2.62 bits per heavy atom. The molecule has 2 aliphatic heterocycles. The van der Waals surface area contributed by atoms with Crippen molar-refractivity contribution in [1.82, 2.24) is 9.80 Å². The zero-order valence-corrected chi connectivity index (χ0v) is 13.0. The van der Waals surface area contributed by atoms with Crippen molar-refractivity contribution in [3.63, 3.8) is 0 Å². The third-order valence-electron chi connectivity index (χ3n) is 4.58. The minimum atomic E-state index is -0.204. The van der Waals surface area contributed by atoms with Gasteiger partial charge in [-0.15, -0.1) is 0 Å². The Balaban J connectivity index is 1.78. The van der Waals surface area contributed by atoms with E-state index < -0.39 is 0 Å². The molecule has 1 fully saturated rings. The maximum absolute atomic E-state index is 12.5. The first-order chi connectivity index (χ1) is 10.1. The highest BCUT2D eigenvalue weighted by molar-refractivity contribution is 5.79. The quantitative estimate of drug-likeness (QED) is 0.747. The van der Waals surface area contributed by atoms with E-state index in [-0.39, 0.29) is 23.8 Å². The smallest absolute Gasteiger partial charge is 0.237 e. The van der Waals surface area contributed by atoms with E-state index in [1.54, 1.807) is 0 Å². The molecule has 21 heavy (non-hydrogen) atoms. The summed E-state index contributed by atoms with van der Waals surface area (Å²) in [5.74, 6) is -0.00918. The number of primary amides is 1. The van der Waals surface area contributed by atoms with Crippen molar-refractivity contribution in [3.05, 3.63) is 12.2 Å². The molecule has 2 N–H and O–H groups in total. The van der Waals surface area contributed by atoms with Crippen LogP contribution < -0.4 is 5.73 Å². The average molecular weight is 293 g/mol. The van der Waals surface area contributed by atoms with Crippen LogP contribution in [0.2, 0.25) is 0 Å². The molecule has 2 heterocycles. The lowest BCUT2D eigenvalue weighted by Crippen LogP contribution is -2.46. The summed E-state index contributed by atoms with van der Waals surface area (Å²) in [6, 6.07) is 0.278. The fourth-order valence-electron chi connectivity index (χ4n) is 3.18. The lowest BCUT2D eigenvalue weighted by atomic mass is 9.96.